The number of benzene rings is 1. The highest BCUT2D eigenvalue weighted by Gasteiger charge is 2.19. The average Bonchev–Trinajstić information content (AvgIpc) is 3.43. The van der Waals surface area contributed by atoms with E-state index < -0.39 is 5.82 Å². The number of nitrogens with zero attached hydrogens (tertiary/aromatic N) is 4. The maximum Gasteiger partial charge on any atom is 0.272 e. The van der Waals surface area contributed by atoms with Gasteiger partial charge in [-0.25, -0.2) is 18.7 Å². The standard InChI is InChI=1S/C24H21F2N5O.ClH/c25-18-5-3-4-16(10-18)15-31-21(12-17-11-19(26)13-28-23(17)31)24(32)29-20-6-7-22(27-14-20)30-8-1-2-9-30;/h3-7,10-14H,1-2,8-9,15H2,(H,29,32);1H. The third-order valence-electron chi connectivity index (χ3n) is 5.60. The summed E-state index contributed by atoms with van der Waals surface area (Å²) < 4.78 is 29.1. The second-order valence-corrected chi connectivity index (χ2v) is 7.87. The van der Waals surface area contributed by atoms with Gasteiger partial charge in [0, 0.05) is 25.0 Å². The van der Waals surface area contributed by atoms with Crippen molar-refractivity contribution in [3.05, 3.63) is 83.8 Å². The zero-order valence-electron chi connectivity index (χ0n) is 17.7. The van der Waals surface area contributed by atoms with Gasteiger partial charge in [-0.1, -0.05) is 12.1 Å². The number of hydrogen-bond donors (Lipinski definition) is 1. The first-order chi connectivity index (χ1) is 15.6. The van der Waals surface area contributed by atoms with E-state index in [-0.39, 0.29) is 30.7 Å². The summed E-state index contributed by atoms with van der Waals surface area (Å²) >= 11 is 0. The second-order valence-electron chi connectivity index (χ2n) is 7.87. The fraction of sp³-hybridized carbons (Fsp3) is 0.208. The van der Waals surface area contributed by atoms with Crippen molar-refractivity contribution in [3.8, 4) is 0 Å². The molecule has 1 saturated heterocycles. The van der Waals surface area contributed by atoms with Crippen LogP contribution in [-0.2, 0) is 6.54 Å². The first-order valence-corrected chi connectivity index (χ1v) is 10.5. The minimum atomic E-state index is -0.492. The molecule has 0 unspecified atom stereocenters. The number of carbonyl (C=O) groups excluding carboxylic acids is 1. The fourth-order valence-corrected chi connectivity index (χ4v) is 4.07. The highest BCUT2D eigenvalue weighted by atomic mass is 35.5. The molecule has 0 aliphatic carbocycles. The summed E-state index contributed by atoms with van der Waals surface area (Å²) in [6.45, 7) is 2.19. The molecule has 1 amide bonds. The van der Waals surface area contributed by atoms with E-state index in [9.17, 15) is 13.6 Å². The van der Waals surface area contributed by atoms with Gasteiger partial charge < -0.3 is 14.8 Å². The van der Waals surface area contributed by atoms with Gasteiger partial charge in [-0.15, -0.1) is 12.4 Å². The molecule has 1 aliphatic rings. The summed E-state index contributed by atoms with van der Waals surface area (Å²) in [6.07, 6.45) is 5.05. The van der Waals surface area contributed by atoms with Crippen LogP contribution in [0.2, 0.25) is 0 Å². The van der Waals surface area contributed by atoms with Crippen molar-refractivity contribution in [1.82, 2.24) is 14.5 Å². The number of halogens is 3. The molecule has 1 fully saturated rings. The third-order valence-corrected chi connectivity index (χ3v) is 5.60. The molecule has 4 aromatic rings. The van der Waals surface area contributed by atoms with Crippen LogP contribution in [0.4, 0.5) is 20.3 Å². The zero-order valence-corrected chi connectivity index (χ0v) is 18.5. The molecule has 3 aromatic heterocycles. The largest absolute Gasteiger partial charge is 0.357 e. The number of carbonyl (C=O) groups is 1. The predicted octanol–water partition coefficient (Wildman–Crippen LogP) is 5.03. The Labute approximate surface area is 195 Å². The van der Waals surface area contributed by atoms with E-state index in [0.29, 0.717) is 28.0 Å². The van der Waals surface area contributed by atoms with Crippen LogP contribution in [0, 0.1) is 11.6 Å². The number of pyridine rings is 2. The molecule has 1 aromatic carbocycles. The molecule has 6 nitrogen and oxygen atoms in total. The van der Waals surface area contributed by atoms with Gasteiger partial charge >= 0.3 is 0 Å². The number of rotatable bonds is 5. The van der Waals surface area contributed by atoms with Crippen molar-refractivity contribution in [2.45, 2.75) is 19.4 Å². The van der Waals surface area contributed by atoms with Crippen molar-refractivity contribution in [1.29, 1.82) is 0 Å². The van der Waals surface area contributed by atoms with E-state index in [2.05, 4.69) is 20.2 Å². The third kappa shape index (κ3) is 4.80. The van der Waals surface area contributed by atoms with Gasteiger partial charge in [0.15, 0.2) is 0 Å². The van der Waals surface area contributed by atoms with Gasteiger partial charge in [-0.2, -0.15) is 0 Å². The Morgan fingerprint density at radius 3 is 2.52 bits per heavy atom. The molecule has 0 radical (unpaired) electrons. The minimum Gasteiger partial charge on any atom is -0.357 e. The summed E-state index contributed by atoms with van der Waals surface area (Å²) in [5, 5.41) is 3.35. The minimum absolute atomic E-state index is 0. The molecular weight excluding hydrogens is 448 g/mol. The molecular formula is C24H22ClF2N5O. The number of aromatic nitrogens is 3. The molecule has 170 valence electrons. The Balaban J connectivity index is 0.00000259. The van der Waals surface area contributed by atoms with Crippen LogP contribution in [0.3, 0.4) is 0 Å². The second kappa shape index (κ2) is 9.54. The number of fused-ring (bicyclic) bond motifs is 1. The smallest absolute Gasteiger partial charge is 0.272 e. The molecule has 5 rings (SSSR count). The predicted molar refractivity (Wildman–Crippen MR) is 126 cm³/mol. The molecule has 4 heterocycles. The van der Waals surface area contributed by atoms with Crippen LogP contribution >= 0.6 is 12.4 Å². The summed E-state index contributed by atoms with van der Waals surface area (Å²) in [4.78, 5) is 24.0. The SMILES string of the molecule is Cl.O=C(Nc1ccc(N2CCCC2)nc1)c1cc2cc(F)cnc2n1Cc1cccc(F)c1. The van der Waals surface area contributed by atoms with E-state index in [1.807, 2.05) is 12.1 Å². The molecule has 0 atom stereocenters. The molecule has 9 heteroatoms. The van der Waals surface area contributed by atoms with E-state index in [4.69, 9.17) is 0 Å². The molecule has 0 spiro atoms. The van der Waals surface area contributed by atoms with Crippen LogP contribution in [0.1, 0.15) is 28.9 Å². The Kier molecular flexibility index (Phi) is 6.55. The number of anilines is 2. The first kappa shape index (κ1) is 22.7. The lowest BCUT2D eigenvalue weighted by atomic mass is 10.2. The van der Waals surface area contributed by atoms with Gasteiger partial charge in [0.2, 0.25) is 0 Å². The van der Waals surface area contributed by atoms with Crippen molar-refractivity contribution in [3.63, 3.8) is 0 Å². The highest BCUT2D eigenvalue weighted by Crippen LogP contribution is 2.23. The molecule has 1 N–H and O–H groups in total. The summed E-state index contributed by atoms with van der Waals surface area (Å²) in [7, 11) is 0. The molecule has 33 heavy (non-hydrogen) atoms. The number of amides is 1. The summed E-state index contributed by atoms with van der Waals surface area (Å²) in [5.41, 5.74) is 1.97. The van der Waals surface area contributed by atoms with E-state index >= 15 is 0 Å². The number of nitrogens with one attached hydrogen (secondary N) is 1. The lowest BCUT2D eigenvalue weighted by Crippen LogP contribution is -2.20. The van der Waals surface area contributed by atoms with Crippen LogP contribution in [0.25, 0.3) is 11.0 Å². The van der Waals surface area contributed by atoms with E-state index in [1.165, 1.54) is 18.2 Å². The summed E-state index contributed by atoms with van der Waals surface area (Å²) in [5.74, 6) is -0.349. The lowest BCUT2D eigenvalue weighted by molar-refractivity contribution is 0.101. The summed E-state index contributed by atoms with van der Waals surface area (Å²) in [6, 6.07) is 12.8. The van der Waals surface area contributed by atoms with Crippen molar-refractivity contribution < 1.29 is 13.6 Å². The Bertz CT molecular complexity index is 1290. The van der Waals surface area contributed by atoms with Crippen LogP contribution in [0.5, 0.6) is 0 Å². The first-order valence-electron chi connectivity index (χ1n) is 10.5. The van der Waals surface area contributed by atoms with E-state index in [1.54, 1.807) is 29.0 Å². The van der Waals surface area contributed by atoms with Crippen molar-refractivity contribution in [2.24, 2.45) is 0 Å². The Morgan fingerprint density at radius 2 is 1.79 bits per heavy atom. The van der Waals surface area contributed by atoms with Gasteiger partial charge in [0.1, 0.15) is 28.8 Å². The highest BCUT2D eigenvalue weighted by molar-refractivity contribution is 6.06. The normalized spacial score (nSPS) is 13.2. The van der Waals surface area contributed by atoms with Crippen molar-refractivity contribution >= 4 is 40.9 Å². The Morgan fingerprint density at radius 1 is 0.970 bits per heavy atom. The Hall–Kier alpha value is -3.52. The van der Waals surface area contributed by atoms with Crippen LogP contribution in [-0.4, -0.2) is 33.5 Å². The van der Waals surface area contributed by atoms with Gasteiger partial charge in [-0.05, 0) is 54.8 Å². The maximum absolute atomic E-state index is 13.7. The van der Waals surface area contributed by atoms with Crippen LogP contribution in [0.15, 0.2) is 60.9 Å². The van der Waals surface area contributed by atoms with Gasteiger partial charge in [-0.3, -0.25) is 4.79 Å². The maximum atomic E-state index is 13.7. The quantitative estimate of drug-likeness (QED) is 0.445. The van der Waals surface area contributed by atoms with Crippen molar-refractivity contribution in [2.75, 3.05) is 23.3 Å². The van der Waals surface area contributed by atoms with Crippen LogP contribution < -0.4 is 10.2 Å². The monoisotopic (exact) mass is 469 g/mol. The topological polar surface area (TPSA) is 63.1 Å². The molecule has 1 aliphatic heterocycles. The van der Waals surface area contributed by atoms with Gasteiger partial charge in [0.05, 0.1) is 18.1 Å². The van der Waals surface area contributed by atoms with E-state index in [0.717, 1.165) is 37.9 Å². The fourth-order valence-electron chi connectivity index (χ4n) is 4.07. The molecule has 0 bridgehead atoms. The van der Waals surface area contributed by atoms with Gasteiger partial charge in [0.25, 0.3) is 5.91 Å². The lowest BCUT2D eigenvalue weighted by Gasteiger charge is -2.16. The average molecular weight is 470 g/mol. The molecule has 0 saturated carbocycles. The number of hydrogen-bond acceptors (Lipinski definition) is 4. The zero-order chi connectivity index (χ0) is 22.1.